The first-order valence-corrected chi connectivity index (χ1v) is 15.0. The molecule has 0 atom stereocenters. The van der Waals surface area contributed by atoms with Crippen molar-refractivity contribution >= 4 is 65.4 Å². The standard InChI is InChI=1S/C42H27N3/c1-2-12-28(13-3-1)43-39-20-10-6-16-33(39)35-27-30(22-24-41(35)43)45-40-21-11-7-17-34(40)36-26-29(23-25-42(36)45)44-37-18-8-4-14-31(37)32-15-5-9-19-38(32)44/h1-27H/i1D,2D,3D,12D,13D. The fourth-order valence-corrected chi connectivity index (χ4v) is 7.27. The third kappa shape index (κ3) is 3.41. The highest BCUT2D eigenvalue weighted by molar-refractivity contribution is 6.13. The summed E-state index contributed by atoms with van der Waals surface area (Å²) < 4.78 is 48.8. The van der Waals surface area contributed by atoms with Crippen molar-refractivity contribution in [2.24, 2.45) is 0 Å². The lowest BCUT2D eigenvalue weighted by molar-refractivity contribution is 1.16. The zero-order valence-corrected chi connectivity index (χ0v) is 24.0. The Hall–Kier alpha value is -6.06. The minimum Gasteiger partial charge on any atom is -0.309 e. The Morgan fingerprint density at radius 2 is 0.644 bits per heavy atom. The van der Waals surface area contributed by atoms with Crippen LogP contribution in [0.5, 0.6) is 0 Å². The van der Waals surface area contributed by atoms with Crippen LogP contribution in [0.4, 0.5) is 0 Å². The molecule has 3 aromatic heterocycles. The van der Waals surface area contributed by atoms with Gasteiger partial charge in [0.15, 0.2) is 0 Å². The van der Waals surface area contributed by atoms with E-state index in [1.807, 2.05) is 30.3 Å². The highest BCUT2D eigenvalue weighted by atomic mass is 15.0. The van der Waals surface area contributed by atoms with Crippen molar-refractivity contribution in [3.63, 3.8) is 0 Å². The molecule has 0 aliphatic rings. The molecule has 3 heterocycles. The number of hydrogen-bond donors (Lipinski definition) is 0. The minimum atomic E-state index is -0.403. The third-order valence-corrected chi connectivity index (χ3v) is 9.12. The van der Waals surface area contributed by atoms with Crippen LogP contribution in [-0.2, 0) is 0 Å². The van der Waals surface area contributed by atoms with Gasteiger partial charge in [-0.25, -0.2) is 0 Å². The van der Waals surface area contributed by atoms with Crippen molar-refractivity contribution < 1.29 is 6.85 Å². The zero-order chi connectivity index (χ0) is 33.8. The highest BCUT2D eigenvalue weighted by Gasteiger charge is 2.18. The van der Waals surface area contributed by atoms with E-state index >= 15 is 0 Å². The molecule has 0 spiro atoms. The molecule has 0 bridgehead atoms. The van der Waals surface area contributed by atoms with Gasteiger partial charge in [-0.1, -0.05) is 90.9 Å². The molecule has 210 valence electrons. The first-order chi connectivity index (χ1) is 24.4. The van der Waals surface area contributed by atoms with Gasteiger partial charge in [0.05, 0.1) is 40.0 Å². The lowest BCUT2D eigenvalue weighted by Gasteiger charge is -2.11. The molecule has 0 radical (unpaired) electrons. The van der Waals surface area contributed by atoms with Crippen LogP contribution in [0.3, 0.4) is 0 Å². The van der Waals surface area contributed by atoms with E-state index < -0.39 is 6.04 Å². The minimum absolute atomic E-state index is 0.143. The second kappa shape index (κ2) is 9.22. The van der Waals surface area contributed by atoms with Gasteiger partial charge in [-0.15, -0.1) is 0 Å². The number of aromatic nitrogens is 3. The lowest BCUT2D eigenvalue weighted by Crippen LogP contribution is -1.96. The summed E-state index contributed by atoms with van der Waals surface area (Å²) in [7, 11) is 0. The maximum atomic E-state index is 8.76. The van der Waals surface area contributed by atoms with Crippen molar-refractivity contribution in [3.8, 4) is 17.1 Å². The number of para-hydroxylation sites is 5. The maximum absolute atomic E-state index is 8.76. The number of hydrogen-bond acceptors (Lipinski definition) is 0. The third-order valence-electron chi connectivity index (χ3n) is 9.12. The Bertz CT molecular complexity index is 2970. The normalized spacial score (nSPS) is 13.6. The quantitative estimate of drug-likeness (QED) is 0.198. The molecule has 0 aliphatic carbocycles. The van der Waals surface area contributed by atoms with E-state index in [0.29, 0.717) is 0 Å². The van der Waals surface area contributed by atoms with Gasteiger partial charge in [0.25, 0.3) is 0 Å². The van der Waals surface area contributed by atoms with Gasteiger partial charge in [0.2, 0.25) is 0 Å². The van der Waals surface area contributed by atoms with Crippen LogP contribution in [0.25, 0.3) is 82.5 Å². The Morgan fingerprint density at radius 1 is 0.311 bits per heavy atom. The summed E-state index contributed by atoms with van der Waals surface area (Å²) in [5.41, 5.74) is 8.23. The fraction of sp³-hybridized carbons (Fsp3) is 0. The van der Waals surface area contributed by atoms with Crippen molar-refractivity contribution in [1.29, 1.82) is 0 Å². The molecule has 10 aromatic rings. The second-order valence-corrected chi connectivity index (χ2v) is 11.5. The van der Waals surface area contributed by atoms with Gasteiger partial charge in [-0.05, 0) is 72.7 Å². The monoisotopic (exact) mass is 578 g/mol. The van der Waals surface area contributed by atoms with E-state index in [-0.39, 0.29) is 29.9 Å². The average molecular weight is 579 g/mol. The highest BCUT2D eigenvalue weighted by Crippen LogP contribution is 2.39. The summed E-state index contributed by atoms with van der Waals surface area (Å²) in [6, 6.07) is 44.7. The van der Waals surface area contributed by atoms with Gasteiger partial charge in [0.1, 0.15) is 0 Å². The Kier molecular flexibility index (Phi) is 4.10. The molecule has 10 rings (SSSR count). The maximum Gasteiger partial charge on any atom is 0.0645 e. The molecule has 0 N–H and O–H groups in total. The first kappa shape index (κ1) is 20.0. The summed E-state index contributed by atoms with van der Waals surface area (Å²) in [5.74, 6) is 0. The predicted molar refractivity (Wildman–Crippen MR) is 189 cm³/mol. The summed E-state index contributed by atoms with van der Waals surface area (Å²) in [4.78, 5) is 0. The first-order valence-electron chi connectivity index (χ1n) is 17.5. The molecular weight excluding hydrogens is 546 g/mol. The number of fused-ring (bicyclic) bond motifs is 9. The van der Waals surface area contributed by atoms with Crippen LogP contribution in [0.1, 0.15) is 6.85 Å². The number of nitrogens with zero attached hydrogens (tertiary/aromatic N) is 3. The zero-order valence-electron chi connectivity index (χ0n) is 29.0. The van der Waals surface area contributed by atoms with Crippen LogP contribution >= 0.6 is 0 Å². The number of rotatable bonds is 3. The van der Waals surface area contributed by atoms with Crippen LogP contribution in [-0.4, -0.2) is 13.7 Å². The topological polar surface area (TPSA) is 14.8 Å². The molecule has 3 nitrogen and oxygen atoms in total. The van der Waals surface area contributed by atoms with E-state index in [1.54, 1.807) is 4.57 Å². The van der Waals surface area contributed by atoms with E-state index in [4.69, 9.17) is 6.85 Å². The van der Waals surface area contributed by atoms with Crippen molar-refractivity contribution in [2.75, 3.05) is 0 Å². The van der Waals surface area contributed by atoms with Gasteiger partial charge < -0.3 is 13.7 Å². The molecule has 0 unspecified atom stereocenters. The molecule has 0 amide bonds. The van der Waals surface area contributed by atoms with Crippen LogP contribution in [0.15, 0.2) is 164 Å². The smallest absolute Gasteiger partial charge is 0.0645 e. The van der Waals surface area contributed by atoms with Gasteiger partial charge >= 0.3 is 0 Å². The van der Waals surface area contributed by atoms with E-state index in [2.05, 4.69) is 112 Å². The summed E-state index contributed by atoms with van der Waals surface area (Å²) in [5, 5.41) is 6.60. The molecule has 0 fully saturated rings. The summed E-state index contributed by atoms with van der Waals surface area (Å²) in [6.45, 7) is 0. The van der Waals surface area contributed by atoms with Gasteiger partial charge in [0, 0.05) is 49.4 Å². The van der Waals surface area contributed by atoms with Crippen LogP contribution in [0.2, 0.25) is 0 Å². The van der Waals surface area contributed by atoms with Gasteiger partial charge in [-0.3, -0.25) is 0 Å². The summed E-state index contributed by atoms with van der Waals surface area (Å²) in [6.07, 6.45) is 0. The largest absolute Gasteiger partial charge is 0.309 e. The molecule has 45 heavy (non-hydrogen) atoms. The molecule has 7 aromatic carbocycles. The van der Waals surface area contributed by atoms with E-state index in [1.165, 1.54) is 10.8 Å². The van der Waals surface area contributed by atoms with Crippen molar-refractivity contribution in [3.05, 3.63) is 164 Å². The molecule has 3 heteroatoms. The molecule has 0 aliphatic heterocycles. The van der Waals surface area contributed by atoms with E-state index in [9.17, 15) is 0 Å². The Labute approximate surface area is 266 Å². The number of benzene rings is 7. The average Bonchev–Trinajstić information content (AvgIpc) is 3.79. The molecule has 0 saturated carbocycles. The van der Waals surface area contributed by atoms with Crippen LogP contribution < -0.4 is 0 Å². The summed E-state index contributed by atoms with van der Waals surface area (Å²) >= 11 is 0. The predicted octanol–water partition coefficient (Wildman–Crippen LogP) is 11.0. The molecule has 0 saturated heterocycles. The van der Waals surface area contributed by atoms with Crippen molar-refractivity contribution in [1.82, 2.24) is 13.7 Å². The van der Waals surface area contributed by atoms with E-state index in [0.717, 1.165) is 66.0 Å². The fourth-order valence-electron chi connectivity index (χ4n) is 7.27. The Morgan fingerprint density at radius 3 is 1.07 bits per heavy atom. The second-order valence-electron chi connectivity index (χ2n) is 11.5. The van der Waals surface area contributed by atoms with Gasteiger partial charge in [-0.2, -0.15) is 0 Å². The Balaban J connectivity index is 1.23. The SMILES string of the molecule is [2H]c1c([2H])c([2H])c(-n2c3ccccc3c3cc(-n4c5ccccc5c5cc(-n6c7ccccc7c7ccccc76)ccc54)ccc32)c([2H])c1[2H]. The lowest BCUT2D eigenvalue weighted by atomic mass is 10.1. The van der Waals surface area contributed by atoms with Crippen LogP contribution in [0, 0.1) is 0 Å². The molecular formula is C42H27N3. The van der Waals surface area contributed by atoms with Crippen molar-refractivity contribution in [2.45, 2.75) is 0 Å².